The summed E-state index contributed by atoms with van der Waals surface area (Å²) in [6.45, 7) is 1.14. The number of rotatable bonds is 5. The van der Waals surface area contributed by atoms with Gasteiger partial charge in [-0.15, -0.1) is 0 Å². The molecule has 2 aromatic heterocycles. The number of aryl methyl sites for hydroxylation is 1. The fourth-order valence-corrected chi connectivity index (χ4v) is 3.86. The zero-order valence-corrected chi connectivity index (χ0v) is 16.0. The molecule has 0 spiro atoms. The van der Waals surface area contributed by atoms with Crippen molar-refractivity contribution in [2.75, 3.05) is 23.8 Å². The van der Waals surface area contributed by atoms with Crippen LogP contribution in [0.2, 0.25) is 0 Å². The van der Waals surface area contributed by atoms with Gasteiger partial charge in [-0.05, 0) is 30.9 Å². The van der Waals surface area contributed by atoms with Gasteiger partial charge in [-0.25, -0.2) is 4.68 Å². The maximum atomic E-state index is 11.8. The number of H-pyrrole nitrogens is 1. The first-order valence-corrected chi connectivity index (χ1v) is 9.68. The smallest absolute Gasteiger partial charge is 0.266 e. The van der Waals surface area contributed by atoms with Crippen LogP contribution in [0.5, 0.6) is 5.75 Å². The molecule has 1 aromatic carbocycles. The number of primary amides is 1. The summed E-state index contributed by atoms with van der Waals surface area (Å²) in [4.78, 5) is 27.0. The molecule has 1 aliphatic heterocycles. The first-order chi connectivity index (χ1) is 14.0. The van der Waals surface area contributed by atoms with Crippen molar-refractivity contribution in [3.8, 4) is 17.1 Å². The van der Waals surface area contributed by atoms with Gasteiger partial charge in [-0.2, -0.15) is 5.10 Å². The van der Waals surface area contributed by atoms with Crippen LogP contribution in [-0.2, 0) is 11.8 Å². The molecule has 5 rings (SSSR count). The highest BCUT2D eigenvalue weighted by Crippen LogP contribution is 2.43. The number of nitrogens with one attached hydrogen (secondary N) is 3. The number of aromatic amines is 1. The Hall–Kier alpha value is -3.49. The van der Waals surface area contributed by atoms with E-state index in [9.17, 15) is 9.59 Å². The van der Waals surface area contributed by atoms with Crippen LogP contribution >= 0.6 is 0 Å². The van der Waals surface area contributed by atoms with Crippen molar-refractivity contribution in [3.05, 3.63) is 34.6 Å². The van der Waals surface area contributed by atoms with Crippen molar-refractivity contribution in [2.45, 2.75) is 18.9 Å². The SMILES string of the molecule is Cn1nc(-c2[nH]c3cc(N[C@H](C(N)=O)C4CC4)cc4c3c2NCCO4)ccc1=O. The molecule has 1 saturated carbocycles. The summed E-state index contributed by atoms with van der Waals surface area (Å²) >= 11 is 0. The summed E-state index contributed by atoms with van der Waals surface area (Å²) in [7, 11) is 1.62. The van der Waals surface area contributed by atoms with E-state index in [4.69, 9.17) is 10.5 Å². The highest BCUT2D eigenvalue weighted by Gasteiger charge is 2.35. The first-order valence-electron chi connectivity index (χ1n) is 9.68. The maximum Gasteiger partial charge on any atom is 0.266 e. The van der Waals surface area contributed by atoms with Crippen LogP contribution in [0.4, 0.5) is 11.4 Å². The highest BCUT2D eigenvalue weighted by atomic mass is 16.5. The van der Waals surface area contributed by atoms with Gasteiger partial charge in [0.15, 0.2) is 0 Å². The predicted octanol–water partition coefficient (Wildman–Crippen LogP) is 1.41. The maximum absolute atomic E-state index is 11.8. The quantitative estimate of drug-likeness (QED) is 0.518. The third-order valence-corrected chi connectivity index (χ3v) is 5.46. The second-order valence-electron chi connectivity index (χ2n) is 7.59. The lowest BCUT2D eigenvalue weighted by Gasteiger charge is -2.17. The molecule has 3 aromatic rings. The summed E-state index contributed by atoms with van der Waals surface area (Å²) in [6, 6.07) is 6.66. The van der Waals surface area contributed by atoms with Gasteiger partial charge in [0.1, 0.15) is 24.1 Å². The summed E-state index contributed by atoms with van der Waals surface area (Å²) in [5, 5.41) is 12.0. The third kappa shape index (κ3) is 3.08. The largest absolute Gasteiger partial charge is 0.491 e. The van der Waals surface area contributed by atoms with Crippen molar-refractivity contribution < 1.29 is 9.53 Å². The Bertz CT molecular complexity index is 1180. The van der Waals surface area contributed by atoms with E-state index < -0.39 is 0 Å². The van der Waals surface area contributed by atoms with Gasteiger partial charge in [0, 0.05) is 31.4 Å². The minimum absolute atomic E-state index is 0.170. The monoisotopic (exact) mass is 394 g/mol. The molecular formula is C20H22N6O3. The summed E-state index contributed by atoms with van der Waals surface area (Å²) in [5.74, 6) is 0.661. The van der Waals surface area contributed by atoms with Gasteiger partial charge in [0.25, 0.3) is 5.56 Å². The minimum Gasteiger partial charge on any atom is -0.491 e. The molecule has 9 nitrogen and oxygen atoms in total. The van der Waals surface area contributed by atoms with Crippen LogP contribution in [0.1, 0.15) is 12.8 Å². The van der Waals surface area contributed by atoms with E-state index in [1.165, 1.54) is 10.7 Å². The van der Waals surface area contributed by atoms with Crippen molar-refractivity contribution in [1.29, 1.82) is 0 Å². The van der Waals surface area contributed by atoms with E-state index >= 15 is 0 Å². The lowest BCUT2D eigenvalue weighted by atomic mass is 10.1. The fourth-order valence-electron chi connectivity index (χ4n) is 3.86. The molecule has 1 aliphatic carbocycles. The third-order valence-electron chi connectivity index (χ3n) is 5.46. The second-order valence-corrected chi connectivity index (χ2v) is 7.59. The number of aromatic nitrogens is 3. The molecule has 5 N–H and O–H groups in total. The van der Waals surface area contributed by atoms with E-state index in [2.05, 4.69) is 20.7 Å². The number of amides is 1. The molecular weight excluding hydrogens is 372 g/mol. The molecule has 1 amide bonds. The van der Waals surface area contributed by atoms with Gasteiger partial charge in [-0.3, -0.25) is 9.59 Å². The normalized spacial score (nSPS) is 16.6. The predicted molar refractivity (Wildman–Crippen MR) is 110 cm³/mol. The lowest BCUT2D eigenvalue weighted by molar-refractivity contribution is -0.119. The molecule has 150 valence electrons. The number of ether oxygens (including phenoxy) is 1. The van der Waals surface area contributed by atoms with E-state index in [-0.39, 0.29) is 23.4 Å². The van der Waals surface area contributed by atoms with Gasteiger partial charge >= 0.3 is 0 Å². The molecule has 1 atom stereocenters. The zero-order chi connectivity index (χ0) is 20.1. The standard InChI is InChI=1S/C20H22N6O3/c1-26-15(27)5-4-12(25-26)18-19-16-13(24-18)8-11(9-14(16)29-7-6-22-19)23-17(20(21)28)10-2-3-10/h4-5,8-10,17,22-24H,2-3,6-7H2,1H3,(H2,21,28)/t17-/m0/s1. The van der Waals surface area contributed by atoms with Crippen LogP contribution in [0.3, 0.4) is 0 Å². The van der Waals surface area contributed by atoms with Crippen LogP contribution in [0.25, 0.3) is 22.3 Å². The number of hydrogen-bond donors (Lipinski definition) is 4. The van der Waals surface area contributed by atoms with Gasteiger partial charge < -0.3 is 26.1 Å². The number of carbonyl (C=O) groups excluding carboxylic acids is 1. The number of carbonyl (C=O) groups is 1. The van der Waals surface area contributed by atoms with Crippen LogP contribution in [0.15, 0.2) is 29.1 Å². The Morgan fingerprint density at radius 1 is 1.38 bits per heavy atom. The Morgan fingerprint density at radius 2 is 2.21 bits per heavy atom. The Kier molecular flexibility index (Phi) is 3.97. The molecule has 9 heteroatoms. The number of benzene rings is 1. The van der Waals surface area contributed by atoms with Gasteiger partial charge in [0.2, 0.25) is 5.91 Å². The van der Waals surface area contributed by atoms with Crippen molar-refractivity contribution >= 4 is 28.2 Å². The number of anilines is 2. The van der Waals surface area contributed by atoms with Crippen LogP contribution in [-0.4, -0.2) is 39.9 Å². The second kappa shape index (κ2) is 6.54. The topological polar surface area (TPSA) is 127 Å². The molecule has 0 bridgehead atoms. The van der Waals surface area contributed by atoms with E-state index in [0.29, 0.717) is 18.8 Å². The molecule has 0 saturated heterocycles. The number of nitrogens with zero attached hydrogens (tertiary/aromatic N) is 2. The van der Waals surface area contributed by atoms with Crippen molar-refractivity contribution in [1.82, 2.24) is 14.8 Å². The van der Waals surface area contributed by atoms with E-state index in [1.54, 1.807) is 13.1 Å². The van der Waals surface area contributed by atoms with E-state index in [1.807, 2.05) is 12.1 Å². The fraction of sp³-hybridized carbons (Fsp3) is 0.350. The summed E-state index contributed by atoms with van der Waals surface area (Å²) < 4.78 is 7.26. The molecule has 0 unspecified atom stereocenters. The Morgan fingerprint density at radius 3 is 2.93 bits per heavy atom. The zero-order valence-electron chi connectivity index (χ0n) is 16.0. The first kappa shape index (κ1) is 17.6. The Balaban J connectivity index is 1.63. The average Bonchev–Trinajstić information content (AvgIpc) is 3.48. The number of hydrogen-bond acceptors (Lipinski definition) is 6. The van der Waals surface area contributed by atoms with Crippen LogP contribution < -0.4 is 26.7 Å². The van der Waals surface area contributed by atoms with Crippen molar-refractivity contribution in [2.24, 2.45) is 18.7 Å². The molecule has 2 aliphatic rings. The molecule has 1 fully saturated rings. The van der Waals surface area contributed by atoms with E-state index in [0.717, 1.165) is 46.6 Å². The van der Waals surface area contributed by atoms with Crippen molar-refractivity contribution in [3.63, 3.8) is 0 Å². The molecule has 29 heavy (non-hydrogen) atoms. The average molecular weight is 394 g/mol. The summed E-state index contributed by atoms with van der Waals surface area (Å²) in [6.07, 6.45) is 2.01. The van der Waals surface area contributed by atoms with Gasteiger partial charge in [-0.1, -0.05) is 0 Å². The number of nitrogens with two attached hydrogens (primary N) is 1. The lowest BCUT2D eigenvalue weighted by Crippen LogP contribution is -2.37. The van der Waals surface area contributed by atoms with Gasteiger partial charge in [0.05, 0.1) is 22.3 Å². The molecule has 0 radical (unpaired) electrons. The summed E-state index contributed by atoms with van der Waals surface area (Å²) in [5.41, 5.74) is 9.37. The highest BCUT2D eigenvalue weighted by molar-refractivity contribution is 6.06. The molecule has 3 heterocycles. The van der Waals surface area contributed by atoms with Crippen LogP contribution in [0, 0.1) is 5.92 Å². The Labute approximate surface area is 166 Å². The minimum atomic E-state index is -0.386.